The highest BCUT2D eigenvalue weighted by Crippen LogP contribution is 2.18. The van der Waals surface area contributed by atoms with E-state index in [1.165, 1.54) is 295 Å². The highest BCUT2D eigenvalue weighted by Gasteiger charge is 2.03. The van der Waals surface area contributed by atoms with Crippen LogP contribution in [0.5, 0.6) is 0 Å². The molecular weight excluding hydrogens is 717 g/mol. The van der Waals surface area contributed by atoms with Gasteiger partial charge in [-0.25, -0.2) is 0 Å². The third-order valence-electron chi connectivity index (χ3n) is 13.1. The van der Waals surface area contributed by atoms with Crippen LogP contribution in [0.3, 0.4) is 0 Å². The Morgan fingerprint density at radius 2 is 0.593 bits per heavy atom. The van der Waals surface area contributed by atoms with Crippen molar-refractivity contribution in [3.05, 3.63) is 12.2 Å². The molecule has 59 heavy (non-hydrogen) atoms. The van der Waals surface area contributed by atoms with Crippen LogP contribution in [-0.4, -0.2) is 12.6 Å². The maximum absolute atomic E-state index is 12.1. The van der Waals surface area contributed by atoms with E-state index in [-0.39, 0.29) is 5.97 Å². The lowest BCUT2D eigenvalue weighted by Crippen LogP contribution is -2.05. The van der Waals surface area contributed by atoms with E-state index in [1.54, 1.807) is 0 Å². The van der Waals surface area contributed by atoms with Gasteiger partial charge in [0.15, 0.2) is 0 Å². The van der Waals surface area contributed by atoms with E-state index in [9.17, 15) is 4.79 Å². The lowest BCUT2D eigenvalue weighted by Gasteiger charge is -2.06. The number of esters is 1. The van der Waals surface area contributed by atoms with Crippen LogP contribution in [0.1, 0.15) is 335 Å². The van der Waals surface area contributed by atoms with Crippen molar-refractivity contribution >= 4 is 5.97 Å². The second kappa shape index (κ2) is 53.3. The minimum Gasteiger partial charge on any atom is -0.466 e. The molecule has 0 saturated heterocycles. The van der Waals surface area contributed by atoms with Gasteiger partial charge in [-0.3, -0.25) is 4.79 Å². The Bertz CT molecular complexity index is 786. The molecule has 0 fully saturated rings. The van der Waals surface area contributed by atoms with Gasteiger partial charge in [-0.05, 0) is 44.4 Å². The van der Waals surface area contributed by atoms with Crippen molar-refractivity contribution in [1.82, 2.24) is 0 Å². The predicted molar refractivity (Wildman–Crippen MR) is 267 cm³/mol. The SMILES string of the molecule is CCCCCCC=CCCCCCCCCCCCC(=O)OCCCCCCCCCCCCCCCCCCCCCCCCCCCCCCCCCCC(C)C. The third kappa shape index (κ3) is 55.2. The zero-order valence-electron chi connectivity index (χ0n) is 41.4. The van der Waals surface area contributed by atoms with E-state index in [0.29, 0.717) is 13.0 Å². The molecule has 352 valence electrons. The van der Waals surface area contributed by atoms with Crippen LogP contribution in [0.25, 0.3) is 0 Å². The monoisotopic (exact) mass is 829 g/mol. The van der Waals surface area contributed by atoms with Crippen LogP contribution in [0.15, 0.2) is 12.2 Å². The van der Waals surface area contributed by atoms with Gasteiger partial charge >= 0.3 is 5.97 Å². The molecule has 0 rings (SSSR count). The zero-order valence-corrected chi connectivity index (χ0v) is 41.4. The van der Waals surface area contributed by atoms with E-state index in [1.807, 2.05) is 0 Å². The summed E-state index contributed by atoms with van der Waals surface area (Å²) < 4.78 is 5.50. The number of carbonyl (C=O) groups is 1. The molecule has 0 radical (unpaired) electrons. The number of unbranched alkanes of at least 4 members (excludes halogenated alkanes) is 44. The Balaban J connectivity index is 3.15. The molecule has 0 N–H and O–H groups in total. The summed E-state index contributed by atoms with van der Waals surface area (Å²) in [6, 6.07) is 0. The van der Waals surface area contributed by atoms with E-state index in [2.05, 4.69) is 32.9 Å². The van der Waals surface area contributed by atoms with Gasteiger partial charge in [-0.2, -0.15) is 0 Å². The highest BCUT2D eigenvalue weighted by atomic mass is 16.5. The number of hydrogen-bond acceptors (Lipinski definition) is 2. The van der Waals surface area contributed by atoms with Gasteiger partial charge in [0.2, 0.25) is 0 Å². The number of hydrogen-bond donors (Lipinski definition) is 0. The van der Waals surface area contributed by atoms with E-state index in [0.717, 1.165) is 18.8 Å². The van der Waals surface area contributed by atoms with Crippen LogP contribution < -0.4 is 0 Å². The molecule has 0 aliphatic rings. The fourth-order valence-corrected chi connectivity index (χ4v) is 8.91. The van der Waals surface area contributed by atoms with Crippen LogP contribution in [-0.2, 0) is 9.53 Å². The summed E-state index contributed by atoms with van der Waals surface area (Å²) in [6.07, 6.45) is 72.4. The lowest BCUT2D eigenvalue weighted by atomic mass is 10.0. The van der Waals surface area contributed by atoms with Gasteiger partial charge < -0.3 is 4.74 Å². The second-order valence-electron chi connectivity index (χ2n) is 19.8. The summed E-state index contributed by atoms with van der Waals surface area (Å²) in [5, 5.41) is 0. The van der Waals surface area contributed by atoms with Crippen LogP contribution >= 0.6 is 0 Å². The highest BCUT2D eigenvalue weighted by molar-refractivity contribution is 5.69. The first-order chi connectivity index (χ1) is 29.2. The topological polar surface area (TPSA) is 26.3 Å². The van der Waals surface area contributed by atoms with Gasteiger partial charge in [0, 0.05) is 6.42 Å². The van der Waals surface area contributed by atoms with Crippen molar-refractivity contribution in [2.45, 2.75) is 335 Å². The minimum absolute atomic E-state index is 0.0286. The Hall–Kier alpha value is -0.790. The first kappa shape index (κ1) is 58.2. The molecule has 0 bridgehead atoms. The standard InChI is InChI=1S/C57H112O2/c1-4-5-6-7-8-9-10-11-12-29-33-36-39-42-45-48-51-54-57(58)59-55-52-49-46-43-40-37-34-31-28-26-24-22-20-18-16-14-13-15-17-19-21-23-25-27-30-32-35-38-41-44-47-50-53-56(2)3/h9-10,56H,4-8,11-55H2,1-3H3. The van der Waals surface area contributed by atoms with Crippen molar-refractivity contribution in [3.63, 3.8) is 0 Å². The molecule has 0 unspecified atom stereocenters. The molecule has 0 aromatic carbocycles. The van der Waals surface area contributed by atoms with E-state index < -0.39 is 0 Å². The van der Waals surface area contributed by atoms with Gasteiger partial charge in [-0.1, -0.05) is 303 Å². The summed E-state index contributed by atoms with van der Waals surface area (Å²) in [7, 11) is 0. The van der Waals surface area contributed by atoms with Crippen molar-refractivity contribution in [1.29, 1.82) is 0 Å². The summed E-state index contributed by atoms with van der Waals surface area (Å²) in [5.74, 6) is 0.918. The van der Waals surface area contributed by atoms with Crippen LogP contribution in [0, 0.1) is 5.92 Å². The second-order valence-corrected chi connectivity index (χ2v) is 19.8. The Labute approximate surface area is 374 Å². The molecule has 0 aliphatic heterocycles. The molecule has 0 spiro atoms. The molecular formula is C57H112O2. The normalized spacial score (nSPS) is 11.8. The van der Waals surface area contributed by atoms with E-state index in [4.69, 9.17) is 4.74 Å². The quantitative estimate of drug-likeness (QED) is 0.0347. The van der Waals surface area contributed by atoms with Crippen molar-refractivity contribution in [3.8, 4) is 0 Å². The summed E-state index contributed by atoms with van der Waals surface area (Å²) in [5.41, 5.74) is 0. The molecule has 0 atom stereocenters. The number of carbonyl (C=O) groups excluding carboxylic acids is 1. The first-order valence-electron chi connectivity index (χ1n) is 28.0. The van der Waals surface area contributed by atoms with Gasteiger partial charge in [0.25, 0.3) is 0 Å². The van der Waals surface area contributed by atoms with Crippen molar-refractivity contribution in [2.24, 2.45) is 5.92 Å². The molecule has 0 heterocycles. The average Bonchev–Trinajstić information content (AvgIpc) is 3.23. The molecule has 0 amide bonds. The molecule has 0 saturated carbocycles. The fraction of sp³-hybridized carbons (Fsp3) is 0.947. The Morgan fingerprint density at radius 3 is 0.898 bits per heavy atom. The van der Waals surface area contributed by atoms with Crippen molar-refractivity contribution < 1.29 is 9.53 Å². The summed E-state index contributed by atoms with van der Waals surface area (Å²) in [6.45, 7) is 7.61. The molecule has 2 nitrogen and oxygen atoms in total. The van der Waals surface area contributed by atoms with Crippen LogP contribution in [0.2, 0.25) is 0 Å². The fourth-order valence-electron chi connectivity index (χ4n) is 8.91. The third-order valence-corrected chi connectivity index (χ3v) is 13.1. The van der Waals surface area contributed by atoms with Crippen molar-refractivity contribution in [2.75, 3.05) is 6.61 Å². The predicted octanol–water partition coefficient (Wildman–Crippen LogP) is 20.9. The number of allylic oxidation sites excluding steroid dienone is 2. The maximum atomic E-state index is 12.1. The van der Waals surface area contributed by atoms with Crippen LogP contribution in [0.4, 0.5) is 0 Å². The Morgan fingerprint density at radius 1 is 0.339 bits per heavy atom. The van der Waals surface area contributed by atoms with E-state index >= 15 is 0 Å². The summed E-state index contributed by atoms with van der Waals surface area (Å²) >= 11 is 0. The largest absolute Gasteiger partial charge is 0.466 e. The van der Waals surface area contributed by atoms with Gasteiger partial charge in [0.05, 0.1) is 6.61 Å². The molecule has 0 aromatic rings. The minimum atomic E-state index is 0.0286. The summed E-state index contributed by atoms with van der Waals surface area (Å²) in [4.78, 5) is 12.1. The first-order valence-corrected chi connectivity index (χ1v) is 28.0. The molecule has 0 aliphatic carbocycles. The number of ether oxygens (including phenoxy) is 1. The Kier molecular flexibility index (Phi) is 52.6. The molecule has 0 aromatic heterocycles. The maximum Gasteiger partial charge on any atom is 0.305 e. The van der Waals surface area contributed by atoms with Gasteiger partial charge in [0.1, 0.15) is 0 Å². The average molecular weight is 830 g/mol. The molecule has 2 heteroatoms. The zero-order chi connectivity index (χ0) is 42.6. The number of rotatable bonds is 52. The lowest BCUT2D eigenvalue weighted by molar-refractivity contribution is -0.143. The van der Waals surface area contributed by atoms with Gasteiger partial charge in [-0.15, -0.1) is 0 Å². The smallest absolute Gasteiger partial charge is 0.305 e.